The Balaban J connectivity index is 1.40. The van der Waals surface area contributed by atoms with Crippen LogP contribution in [0.3, 0.4) is 0 Å². The molecule has 2 aromatic carbocycles. The number of amides is 1. The molecule has 0 radical (unpaired) electrons. The number of benzene rings is 2. The van der Waals surface area contributed by atoms with E-state index in [1.807, 2.05) is 18.2 Å². The maximum atomic E-state index is 12.6. The van der Waals surface area contributed by atoms with E-state index >= 15 is 0 Å². The number of nitrogens with two attached hydrogens (primary N) is 2. The van der Waals surface area contributed by atoms with Crippen LogP contribution in [0, 0.1) is 5.41 Å². The monoisotopic (exact) mass is 483 g/mol. The average molecular weight is 484 g/mol. The number of likely N-dealkylation sites (N-methyl/N-ethyl adjacent to an activating group) is 1. The highest BCUT2D eigenvalue weighted by molar-refractivity contribution is 5.94. The van der Waals surface area contributed by atoms with E-state index in [0.717, 1.165) is 11.1 Å². The summed E-state index contributed by atoms with van der Waals surface area (Å²) in [4.78, 5) is 43.2. The number of hydroxylamine groups is 1. The van der Waals surface area contributed by atoms with Gasteiger partial charge in [-0.3, -0.25) is 15.0 Å². The maximum Gasteiger partial charge on any atom is 0.516 e. The molecule has 0 saturated carbocycles. The van der Waals surface area contributed by atoms with Crippen LogP contribution in [0.5, 0.6) is 0 Å². The lowest BCUT2D eigenvalue weighted by molar-refractivity contribution is -0.142. The molecule has 0 unspecified atom stereocenters. The van der Waals surface area contributed by atoms with Crippen molar-refractivity contribution < 1.29 is 28.7 Å². The SMILES string of the molecule is CN(C[C@H](N)C(=O)OC(=O)OCc1ccccc1)C(=O)C[C@H]1C[C@@H](c2ccc(C(=N)N)cc2)NO1. The fraction of sp³-hybridized carbons (Fsp3) is 0.333. The Labute approximate surface area is 202 Å². The first-order valence-corrected chi connectivity index (χ1v) is 11.0. The summed E-state index contributed by atoms with van der Waals surface area (Å²) in [5.41, 5.74) is 16.5. The number of rotatable bonds is 9. The van der Waals surface area contributed by atoms with Crippen molar-refractivity contribution >= 4 is 23.9 Å². The molecule has 11 heteroatoms. The van der Waals surface area contributed by atoms with E-state index in [1.165, 1.54) is 11.9 Å². The van der Waals surface area contributed by atoms with Gasteiger partial charge in [0, 0.05) is 19.2 Å². The molecule has 1 heterocycles. The predicted octanol–water partition coefficient (Wildman–Crippen LogP) is 1.36. The molecule has 3 rings (SSSR count). The molecular formula is C24H29N5O6. The van der Waals surface area contributed by atoms with Gasteiger partial charge in [-0.2, -0.15) is 5.48 Å². The number of nitrogens with zero attached hydrogens (tertiary/aromatic N) is 1. The first kappa shape index (κ1) is 25.8. The molecule has 3 atom stereocenters. The van der Waals surface area contributed by atoms with Gasteiger partial charge < -0.3 is 25.8 Å². The first-order chi connectivity index (χ1) is 16.7. The zero-order chi connectivity index (χ0) is 25.4. The number of esters is 1. The van der Waals surface area contributed by atoms with Crippen LogP contribution in [0.2, 0.25) is 0 Å². The van der Waals surface area contributed by atoms with Crippen molar-refractivity contribution in [3.8, 4) is 0 Å². The summed E-state index contributed by atoms with van der Waals surface area (Å²) < 4.78 is 9.51. The van der Waals surface area contributed by atoms with Gasteiger partial charge >= 0.3 is 12.1 Å². The molecule has 186 valence electrons. The standard InChI is InChI=1S/C24H29N5O6/c1-29(13-19(25)23(31)34-24(32)33-14-15-5-3-2-4-6-15)21(30)12-18-11-20(28-35-18)16-7-9-17(10-8-16)22(26)27/h2-10,18-20,28H,11-14,25H2,1H3,(H3,26,27)/t18-,19+,20+/m1/s1. The van der Waals surface area contributed by atoms with Crippen LogP contribution >= 0.6 is 0 Å². The van der Waals surface area contributed by atoms with Crippen LogP contribution in [-0.4, -0.2) is 54.5 Å². The first-order valence-electron chi connectivity index (χ1n) is 11.0. The molecule has 35 heavy (non-hydrogen) atoms. The van der Waals surface area contributed by atoms with Crippen LogP contribution in [-0.2, 0) is 30.5 Å². The van der Waals surface area contributed by atoms with Crippen LogP contribution < -0.4 is 16.9 Å². The number of hydrogen-bond acceptors (Lipinski definition) is 9. The summed E-state index contributed by atoms with van der Waals surface area (Å²) >= 11 is 0. The van der Waals surface area contributed by atoms with Crippen molar-refractivity contribution in [2.24, 2.45) is 11.5 Å². The largest absolute Gasteiger partial charge is 0.516 e. The second-order valence-corrected chi connectivity index (χ2v) is 8.21. The van der Waals surface area contributed by atoms with Gasteiger partial charge in [-0.05, 0) is 17.5 Å². The highest BCUT2D eigenvalue weighted by Crippen LogP contribution is 2.27. The van der Waals surface area contributed by atoms with Gasteiger partial charge in [-0.25, -0.2) is 9.59 Å². The summed E-state index contributed by atoms with van der Waals surface area (Å²) in [5.74, 6) is -1.28. The third-order valence-electron chi connectivity index (χ3n) is 5.48. The molecule has 11 nitrogen and oxygen atoms in total. The lowest BCUT2D eigenvalue weighted by Gasteiger charge is -2.21. The number of hydrogen-bond donors (Lipinski definition) is 4. The predicted molar refractivity (Wildman–Crippen MR) is 126 cm³/mol. The van der Waals surface area contributed by atoms with Crippen molar-refractivity contribution in [2.75, 3.05) is 13.6 Å². The Morgan fingerprint density at radius 3 is 2.51 bits per heavy atom. The quantitative estimate of drug-likeness (QED) is 0.178. The molecule has 1 saturated heterocycles. The Kier molecular flexibility index (Phi) is 8.90. The normalized spacial score (nSPS) is 17.9. The molecule has 1 amide bonds. The summed E-state index contributed by atoms with van der Waals surface area (Å²) in [5, 5.41) is 7.46. The van der Waals surface area contributed by atoms with Crippen molar-refractivity contribution in [2.45, 2.75) is 37.6 Å². The Bertz CT molecular complexity index is 1050. The van der Waals surface area contributed by atoms with Gasteiger partial charge in [0.15, 0.2) is 0 Å². The Hall–Kier alpha value is -3.80. The van der Waals surface area contributed by atoms with E-state index in [2.05, 4.69) is 10.2 Å². The molecule has 1 aliphatic heterocycles. The molecule has 0 aromatic heterocycles. The second-order valence-electron chi connectivity index (χ2n) is 8.21. The number of ether oxygens (including phenoxy) is 2. The molecule has 0 bridgehead atoms. The van der Waals surface area contributed by atoms with Gasteiger partial charge in [-0.1, -0.05) is 54.6 Å². The molecule has 1 fully saturated rings. The molecule has 0 aliphatic carbocycles. The fourth-order valence-corrected chi connectivity index (χ4v) is 3.49. The minimum absolute atomic E-state index is 0.00939. The van der Waals surface area contributed by atoms with E-state index in [9.17, 15) is 14.4 Å². The van der Waals surface area contributed by atoms with E-state index in [0.29, 0.717) is 12.0 Å². The van der Waals surface area contributed by atoms with Crippen LogP contribution in [0.4, 0.5) is 4.79 Å². The van der Waals surface area contributed by atoms with Gasteiger partial charge in [-0.15, -0.1) is 0 Å². The van der Waals surface area contributed by atoms with Crippen LogP contribution in [0.1, 0.15) is 35.6 Å². The van der Waals surface area contributed by atoms with Gasteiger partial charge in [0.1, 0.15) is 18.5 Å². The molecule has 0 spiro atoms. The van der Waals surface area contributed by atoms with Crippen molar-refractivity contribution in [1.82, 2.24) is 10.4 Å². The summed E-state index contributed by atoms with van der Waals surface area (Å²) in [7, 11) is 1.50. The van der Waals surface area contributed by atoms with Crippen molar-refractivity contribution in [3.63, 3.8) is 0 Å². The topological polar surface area (TPSA) is 170 Å². The summed E-state index contributed by atoms with van der Waals surface area (Å²) in [6.45, 7) is -0.183. The molecule has 1 aliphatic rings. The van der Waals surface area contributed by atoms with Gasteiger partial charge in [0.2, 0.25) is 5.91 Å². The minimum Gasteiger partial charge on any atom is -0.429 e. The highest BCUT2D eigenvalue weighted by Gasteiger charge is 2.30. The molecule has 2 aromatic rings. The molecular weight excluding hydrogens is 454 g/mol. The third kappa shape index (κ3) is 7.60. The zero-order valence-electron chi connectivity index (χ0n) is 19.3. The number of carbonyl (C=O) groups is 3. The van der Waals surface area contributed by atoms with Crippen LogP contribution in [0.25, 0.3) is 0 Å². The average Bonchev–Trinajstić information content (AvgIpc) is 3.31. The smallest absolute Gasteiger partial charge is 0.429 e. The summed E-state index contributed by atoms with van der Waals surface area (Å²) in [6.07, 6.45) is -0.901. The number of carbonyl (C=O) groups excluding carboxylic acids is 3. The lowest BCUT2D eigenvalue weighted by atomic mass is 9.99. The fourth-order valence-electron chi connectivity index (χ4n) is 3.49. The van der Waals surface area contributed by atoms with Crippen molar-refractivity contribution in [1.29, 1.82) is 5.41 Å². The number of amidine groups is 1. The van der Waals surface area contributed by atoms with Crippen LogP contribution in [0.15, 0.2) is 54.6 Å². The second kappa shape index (κ2) is 12.1. The number of nitrogen functional groups attached to an aromatic ring is 1. The van der Waals surface area contributed by atoms with Gasteiger partial charge in [0.25, 0.3) is 0 Å². The zero-order valence-corrected chi connectivity index (χ0v) is 19.3. The van der Waals surface area contributed by atoms with E-state index in [4.69, 9.17) is 26.5 Å². The molecule has 6 N–H and O–H groups in total. The lowest BCUT2D eigenvalue weighted by Crippen LogP contribution is -2.45. The van der Waals surface area contributed by atoms with Gasteiger partial charge in [0.05, 0.1) is 18.6 Å². The Morgan fingerprint density at radius 1 is 1.17 bits per heavy atom. The summed E-state index contributed by atoms with van der Waals surface area (Å²) in [6, 6.07) is 14.8. The third-order valence-corrected chi connectivity index (χ3v) is 5.48. The van der Waals surface area contributed by atoms with Crippen molar-refractivity contribution in [3.05, 3.63) is 71.3 Å². The van der Waals surface area contributed by atoms with E-state index in [-0.39, 0.29) is 43.5 Å². The maximum absolute atomic E-state index is 12.6. The Morgan fingerprint density at radius 2 is 1.86 bits per heavy atom. The highest BCUT2D eigenvalue weighted by atomic mass is 16.7. The number of nitrogens with one attached hydrogen (secondary N) is 2. The minimum atomic E-state index is -1.22. The van der Waals surface area contributed by atoms with E-state index < -0.39 is 18.2 Å². The van der Waals surface area contributed by atoms with E-state index in [1.54, 1.807) is 36.4 Å².